The summed E-state index contributed by atoms with van der Waals surface area (Å²) in [5.41, 5.74) is 1.84. The van der Waals surface area contributed by atoms with E-state index in [1.54, 1.807) is 25.0 Å². The normalized spacial score (nSPS) is 10.5. The van der Waals surface area contributed by atoms with E-state index in [4.69, 9.17) is 9.47 Å². The van der Waals surface area contributed by atoms with Crippen molar-refractivity contribution in [3.63, 3.8) is 0 Å². The second-order valence-corrected chi connectivity index (χ2v) is 6.82. The van der Waals surface area contributed by atoms with Gasteiger partial charge in [-0.25, -0.2) is 0 Å². The molecule has 156 valence electrons. The summed E-state index contributed by atoms with van der Waals surface area (Å²) in [6.07, 6.45) is 1.70. The fourth-order valence-electron chi connectivity index (χ4n) is 3.06. The molecule has 0 bridgehead atoms. The zero-order valence-electron chi connectivity index (χ0n) is 17.4. The number of nitro benzene ring substituents is 1. The van der Waals surface area contributed by atoms with Gasteiger partial charge in [0.05, 0.1) is 18.6 Å². The van der Waals surface area contributed by atoms with E-state index in [0.29, 0.717) is 42.3 Å². The number of nitrogens with zero attached hydrogens (tertiary/aromatic N) is 2. The topological polar surface area (TPSA) is 81.9 Å². The molecule has 7 heteroatoms. The fraction of sp³-hybridized carbons (Fsp3) is 0.409. The van der Waals surface area contributed by atoms with Crippen molar-refractivity contribution in [3.8, 4) is 11.5 Å². The first-order chi connectivity index (χ1) is 13.9. The second kappa shape index (κ2) is 10.5. The molecule has 1 amide bonds. The Morgan fingerprint density at radius 3 is 2.45 bits per heavy atom. The van der Waals surface area contributed by atoms with Gasteiger partial charge in [-0.3, -0.25) is 14.9 Å². The molecule has 0 saturated heterocycles. The maximum Gasteiger partial charge on any atom is 0.272 e. The highest BCUT2D eigenvalue weighted by Gasteiger charge is 2.19. The number of hydrogen-bond donors (Lipinski definition) is 0. The van der Waals surface area contributed by atoms with E-state index in [1.165, 1.54) is 12.1 Å². The second-order valence-electron chi connectivity index (χ2n) is 6.82. The third-order valence-electron chi connectivity index (χ3n) is 4.48. The van der Waals surface area contributed by atoms with Crippen LogP contribution in [0.4, 0.5) is 5.69 Å². The molecule has 0 aliphatic heterocycles. The van der Waals surface area contributed by atoms with Crippen LogP contribution in [0.1, 0.15) is 48.2 Å². The number of nitro groups is 1. The van der Waals surface area contributed by atoms with Crippen LogP contribution in [0.3, 0.4) is 0 Å². The van der Waals surface area contributed by atoms with Crippen molar-refractivity contribution >= 4 is 11.6 Å². The zero-order valence-corrected chi connectivity index (χ0v) is 17.4. The molecule has 0 spiro atoms. The van der Waals surface area contributed by atoms with E-state index < -0.39 is 4.92 Å². The molecule has 7 nitrogen and oxygen atoms in total. The van der Waals surface area contributed by atoms with Crippen molar-refractivity contribution in [3.05, 3.63) is 63.2 Å². The minimum atomic E-state index is -0.443. The lowest BCUT2D eigenvalue weighted by molar-refractivity contribution is -0.385. The summed E-state index contributed by atoms with van der Waals surface area (Å²) >= 11 is 0. The first-order valence-corrected chi connectivity index (χ1v) is 9.75. The molecule has 2 aromatic carbocycles. The summed E-state index contributed by atoms with van der Waals surface area (Å²) in [6, 6.07) is 10.1. The van der Waals surface area contributed by atoms with E-state index in [9.17, 15) is 14.9 Å². The molecule has 2 rings (SSSR count). The molecule has 2 aromatic rings. The number of carbonyl (C=O) groups excluding carboxylic acids is 1. The van der Waals surface area contributed by atoms with Gasteiger partial charge in [0.15, 0.2) is 11.5 Å². The molecule has 0 radical (unpaired) electrons. The summed E-state index contributed by atoms with van der Waals surface area (Å²) in [5.74, 6) is 1.15. The summed E-state index contributed by atoms with van der Waals surface area (Å²) in [7, 11) is 1.59. The summed E-state index contributed by atoms with van der Waals surface area (Å²) in [6.45, 7) is 7.27. The quantitative estimate of drug-likeness (QED) is 0.424. The largest absolute Gasteiger partial charge is 0.493 e. The molecule has 0 atom stereocenters. The highest BCUT2D eigenvalue weighted by Crippen LogP contribution is 2.29. The van der Waals surface area contributed by atoms with Crippen LogP contribution in [0.15, 0.2) is 36.4 Å². The molecular weight excluding hydrogens is 372 g/mol. The van der Waals surface area contributed by atoms with Crippen molar-refractivity contribution in [1.82, 2.24) is 4.90 Å². The number of carbonyl (C=O) groups is 1. The summed E-state index contributed by atoms with van der Waals surface area (Å²) < 4.78 is 11.1. The average molecular weight is 400 g/mol. The number of amides is 1. The molecule has 0 N–H and O–H groups in total. The van der Waals surface area contributed by atoms with E-state index in [0.717, 1.165) is 18.4 Å². The maximum atomic E-state index is 13.0. The molecule has 29 heavy (non-hydrogen) atoms. The molecule has 0 heterocycles. The summed E-state index contributed by atoms with van der Waals surface area (Å²) in [5, 5.41) is 11.0. The van der Waals surface area contributed by atoms with Crippen molar-refractivity contribution in [1.29, 1.82) is 0 Å². The monoisotopic (exact) mass is 400 g/mol. The van der Waals surface area contributed by atoms with Gasteiger partial charge in [-0.15, -0.1) is 0 Å². The van der Waals surface area contributed by atoms with Crippen LogP contribution < -0.4 is 9.47 Å². The Bertz CT molecular complexity index is 866. The van der Waals surface area contributed by atoms with Crippen LogP contribution in [-0.2, 0) is 6.54 Å². The van der Waals surface area contributed by atoms with Crippen LogP contribution in [0.25, 0.3) is 0 Å². The minimum Gasteiger partial charge on any atom is -0.493 e. The Balaban J connectivity index is 2.24. The summed E-state index contributed by atoms with van der Waals surface area (Å²) in [4.78, 5) is 25.4. The van der Waals surface area contributed by atoms with Crippen molar-refractivity contribution < 1.29 is 19.2 Å². The van der Waals surface area contributed by atoms with Gasteiger partial charge in [-0.05, 0) is 49.6 Å². The van der Waals surface area contributed by atoms with Crippen molar-refractivity contribution in [2.45, 2.75) is 40.2 Å². The first kappa shape index (κ1) is 22.2. The van der Waals surface area contributed by atoms with E-state index >= 15 is 0 Å². The lowest BCUT2D eigenvalue weighted by Crippen LogP contribution is -2.31. The highest BCUT2D eigenvalue weighted by molar-refractivity contribution is 5.94. The average Bonchev–Trinajstić information content (AvgIpc) is 2.71. The zero-order chi connectivity index (χ0) is 21.4. The lowest BCUT2D eigenvalue weighted by atomic mass is 10.1. The van der Waals surface area contributed by atoms with E-state index in [2.05, 4.69) is 0 Å². The Morgan fingerprint density at radius 2 is 1.86 bits per heavy atom. The van der Waals surface area contributed by atoms with Gasteiger partial charge in [0.25, 0.3) is 11.6 Å². The number of ether oxygens (including phenoxy) is 2. The number of rotatable bonds is 10. The Hall–Kier alpha value is -3.09. The Kier molecular flexibility index (Phi) is 8.00. The number of methoxy groups -OCH3 is 1. The van der Waals surface area contributed by atoms with Gasteiger partial charge in [0.2, 0.25) is 0 Å². The van der Waals surface area contributed by atoms with Gasteiger partial charge >= 0.3 is 0 Å². The molecular formula is C22H28N2O5. The molecule has 0 unspecified atom stereocenters. The first-order valence-electron chi connectivity index (χ1n) is 9.75. The maximum absolute atomic E-state index is 13.0. The lowest BCUT2D eigenvalue weighted by Gasteiger charge is -2.23. The van der Waals surface area contributed by atoms with Gasteiger partial charge in [0.1, 0.15) is 0 Å². The van der Waals surface area contributed by atoms with Crippen LogP contribution >= 0.6 is 0 Å². The highest BCUT2D eigenvalue weighted by atomic mass is 16.6. The number of aryl methyl sites for hydroxylation is 1. The third-order valence-corrected chi connectivity index (χ3v) is 4.48. The minimum absolute atomic E-state index is 0.0102. The van der Waals surface area contributed by atoms with Crippen molar-refractivity contribution in [2.24, 2.45) is 0 Å². The van der Waals surface area contributed by atoms with E-state index in [1.807, 2.05) is 32.0 Å². The smallest absolute Gasteiger partial charge is 0.272 e. The molecule has 0 saturated carbocycles. The number of benzene rings is 2. The SMILES string of the molecule is CCCOc1ccc(CN(CCC)C(=O)c2ccc([N+](=O)[O-])c(C)c2)cc1OC. The number of hydrogen-bond acceptors (Lipinski definition) is 5. The third kappa shape index (κ3) is 5.70. The Morgan fingerprint density at radius 1 is 1.10 bits per heavy atom. The molecule has 0 aliphatic carbocycles. The van der Waals surface area contributed by atoms with Crippen LogP contribution in [0.5, 0.6) is 11.5 Å². The fourth-order valence-corrected chi connectivity index (χ4v) is 3.06. The molecule has 0 fully saturated rings. The van der Waals surface area contributed by atoms with E-state index in [-0.39, 0.29) is 11.6 Å². The predicted molar refractivity (Wildman–Crippen MR) is 112 cm³/mol. The van der Waals surface area contributed by atoms with Crippen LogP contribution in [0, 0.1) is 17.0 Å². The van der Waals surface area contributed by atoms with Crippen molar-refractivity contribution in [2.75, 3.05) is 20.3 Å². The van der Waals surface area contributed by atoms with Gasteiger partial charge in [-0.2, -0.15) is 0 Å². The molecule has 0 aromatic heterocycles. The Labute approximate surface area is 171 Å². The predicted octanol–water partition coefficient (Wildman–Crippen LogP) is 4.75. The standard InChI is InChI=1S/C22H28N2O5/c1-5-11-23(22(25)18-8-9-19(24(26)27)16(3)13-18)15-17-7-10-20(29-12-6-2)21(14-17)28-4/h7-10,13-14H,5-6,11-12,15H2,1-4H3. The van der Waals surface area contributed by atoms with Gasteiger partial charge in [0, 0.05) is 30.3 Å². The molecule has 0 aliphatic rings. The van der Waals surface area contributed by atoms with Crippen LogP contribution in [0.2, 0.25) is 0 Å². The van der Waals surface area contributed by atoms with Gasteiger partial charge in [-0.1, -0.05) is 19.9 Å². The van der Waals surface area contributed by atoms with Crippen LogP contribution in [-0.4, -0.2) is 36.0 Å². The van der Waals surface area contributed by atoms with Gasteiger partial charge < -0.3 is 14.4 Å².